The molecule has 0 saturated heterocycles. The van der Waals surface area contributed by atoms with Gasteiger partial charge in [0.1, 0.15) is 0 Å². The monoisotopic (exact) mass is 418 g/mol. The molecule has 158 valence electrons. The molecule has 0 unspecified atom stereocenters. The quantitative estimate of drug-likeness (QED) is 0.443. The van der Waals surface area contributed by atoms with E-state index in [1.807, 2.05) is 12.2 Å². The van der Waals surface area contributed by atoms with Crippen LogP contribution in [0.1, 0.15) is 27.1 Å². The number of nitrogens with one attached hydrogen (secondary N) is 4. The molecule has 0 spiro atoms. The first kappa shape index (κ1) is 20.3. The van der Waals surface area contributed by atoms with Crippen LogP contribution in [0, 0.1) is 23.7 Å². The molecule has 0 aliphatic heterocycles. The average molecular weight is 418 g/mol. The summed E-state index contributed by atoms with van der Waals surface area (Å²) >= 11 is 0. The lowest BCUT2D eigenvalue weighted by Crippen LogP contribution is -2.52. The number of rotatable bonds is 4. The van der Waals surface area contributed by atoms with Gasteiger partial charge < -0.3 is 0 Å². The van der Waals surface area contributed by atoms with Crippen LogP contribution in [0.25, 0.3) is 0 Å². The van der Waals surface area contributed by atoms with Crippen LogP contribution in [-0.2, 0) is 9.59 Å². The number of hydrogen-bond donors (Lipinski definition) is 4. The van der Waals surface area contributed by atoms with E-state index >= 15 is 0 Å². The fraction of sp³-hybridized carbons (Fsp3) is 0.217. The summed E-state index contributed by atoms with van der Waals surface area (Å²) in [5, 5.41) is 0. The van der Waals surface area contributed by atoms with Gasteiger partial charge in [0.2, 0.25) is 11.8 Å². The Morgan fingerprint density at radius 2 is 0.968 bits per heavy atom. The zero-order valence-corrected chi connectivity index (χ0v) is 16.6. The zero-order chi connectivity index (χ0) is 21.8. The van der Waals surface area contributed by atoms with Crippen LogP contribution in [-0.4, -0.2) is 23.6 Å². The van der Waals surface area contributed by atoms with Gasteiger partial charge in [-0.1, -0.05) is 48.6 Å². The topological polar surface area (TPSA) is 116 Å². The Labute approximate surface area is 179 Å². The van der Waals surface area contributed by atoms with Gasteiger partial charge in [0.05, 0.1) is 11.8 Å². The predicted octanol–water partition coefficient (Wildman–Crippen LogP) is 1.35. The van der Waals surface area contributed by atoms with Crippen LogP contribution < -0.4 is 21.7 Å². The van der Waals surface area contributed by atoms with Crippen molar-refractivity contribution in [1.29, 1.82) is 0 Å². The van der Waals surface area contributed by atoms with Crippen molar-refractivity contribution in [2.24, 2.45) is 23.7 Å². The summed E-state index contributed by atoms with van der Waals surface area (Å²) < 4.78 is 0. The Morgan fingerprint density at radius 1 is 0.581 bits per heavy atom. The molecule has 2 aromatic rings. The molecule has 4 N–H and O–H groups in total. The second-order valence-electron chi connectivity index (χ2n) is 7.62. The van der Waals surface area contributed by atoms with Crippen LogP contribution in [0.4, 0.5) is 0 Å². The molecule has 4 amide bonds. The Kier molecular flexibility index (Phi) is 5.79. The Hall–Kier alpha value is -3.94. The highest BCUT2D eigenvalue weighted by atomic mass is 16.2. The molecule has 0 heterocycles. The van der Waals surface area contributed by atoms with Gasteiger partial charge in [0, 0.05) is 11.1 Å². The highest BCUT2D eigenvalue weighted by molar-refractivity contribution is 5.98. The number of hydrazine groups is 2. The van der Waals surface area contributed by atoms with Crippen molar-refractivity contribution >= 4 is 23.6 Å². The number of hydrogen-bond acceptors (Lipinski definition) is 4. The van der Waals surface area contributed by atoms with E-state index in [1.165, 1.54) is 0 Å². The van der Waals surface area contributed by atoms with Gasteiger partial charge in [-0.15, -0.1) is 0 Å². The summed E-state index contributed by atoms with van der Waals surface area (Å²) in [7, 11) is 0. The highest BCUT2D eigenvalue weighted by Gasteiger charge is 2.51. The second-order valence-corrected chi connectivity index (χ2v) is 7.62. The van der Waals surface area contributed by atoms with Gasteiger partial charge >= 0.3 is 0 Å². The first-order valence-corrected chi connectivity index (χ1v) is 10.0. The largest absolute Gasteiger partial charge is 0.273 e. The molecule has 1 fully saturated rings. The molecule has 2 aliphatic carbocycles. The fourth-order valence-electron chi connectivity index (χ4n) is 4.26. The third-order valence-corrected chi connectivity index (χ3v) is 5.74. The van der Waals surface area contributed by atoms with E-state index < -0.39 is 35.5 Å². The molecule has 2 aliphatic rings. The van der Waals surface area contributed by atoms with Crippen LogP contribution >= 0.6 is 0 Å². The maximum absolute atomic E-state index is 12.8. The standard InChI is InChI=1S/C23H22N4O4/c28-20(14-7-3-1-4-8-14)24-26-22(30)18-16-11-12-17(13-16)19(18)23(31)27-25-21(29)15-9-5-2-6-10-15/h1-12,16-19H,13H2,(H,24,28)(H,25,29)(H,26,30)(H,27,31)/t16-,17-,18+,19+/m0/s1. The Morgan fingerprint density at radius 3 is 1.35 bits per heavy atom. The molecular formula is C23H22N4O4. The van der Waals surface area contributed by atoms with E-state index in [-0.39, 0.29) is 11.8 Å². The lowest BCUT2D eigenvalue weighted by atomic mass is 9.82. The normalized spacial score (nSPS) is 23.1. The van der Waals surface area contributed by atoms with E-state index in [0.29, 0.717) is 17.5 Å². The minimum Gasteiger partial charge on any atom is -0.273 e. The lowest BCUT2D eigenvalue weighted by molar-refractivity contribution is -0.136. The van der Waals surface area contributed by atoms with Crippen LogP contribution in [0.5, 0.6) is 0 Å². The summed E-state index contributed by atoms with van der Waals surface area (Å²) in [5.41, 5.74) is 10.5. The van der Waals surface area contributed by atoms with Gasteiger partial charge in [-0.2, -0.15) is 0 Å². The van der Waals surface area contributed by atoms with Crippen molar-refractivity contribution in [3.8, 4) is 0 Å². The fourth-order valence-corrected chi connectivity index (χ4v) is 4.26. The minimum absolute atomic E-state index is 0.0980. The Balaban J connectivity index is 1.37. The van der Waals surface area contributed by atoms with E-state index in [4.69, 9.17) is 0 Å². The van der Waals surface area contributed by atoms with Crippen LogP contribution in [0.2, 0.25) is 0 Å². The molecule has 8 nitrogen and oxygen atoms in total. The van der Waals surface area contributed by atoms with Crippen molar-refractivity contribution in [2.75, 3.05) is 0 Å². The van der Waals surface area contributed by atoms with E-state index in [2.05, 4.69) is 21.7 Å². The molecule has 1 saturated carbocycles. The summed E-state index contributed by atoms with van der Waals surface area (Å²) in [6, 6.07) is 17.0. The maximum Gasteiger partial charge on any atom is 0.269 e. The molecular weight excluding hydrogens is 396 g/mol. The van der Waals surface area contributed by atoms with Gasteiger partial charge in [-0.25, -0.2) is 0 Å². The maximum atomic E-state index is 12.8. The van der Waals surface area contributed by atoms with Crippen molar-refractivity contribution in [3.63, 3.8) is 0 Å². The third-order valence-electron chi connectivity index (χ3n) is 5.74. The smallest absolute Gasteiger partial charge is 0.269 e. The van der Waals surface area contributed by atoms with E-state index in [0.717, 1.165) is 0 Å². The molecule has 0 radical (unpaired) electrons. The molecule has 0 aromatic heterocycles. The first-order chi connectivity index (χ1) is 15.0. The van der Waals surface area contributed by atoms with Crippen LogP contribution in [0.15, 0.2) is 72.8 Å². The summed E-state index contributed by atoms with van der Waals surface area (Å²) in [4.78, 5) is 50.0. The van der Waals surface area contributed by atoms with Gasteiger partial charge in [-0.05, 0) is 42.5 Å². The number of fused-ring (bicyclic) bond motifs is 2. The third kappa shape index (κ3) is 4.32. The van der Waals surface area contributed by atoms with Crippen LogP contribution in [0.3, 0.4) is 0 Å². The minimum atomic E-state index is -0.639. The SMILES string of the molecule is O=C(NNC(=O)[C@H]1[C@H](C(=O)NNC(=O)c2ccccc2)[C@H]2C=C[C@H]1C2)c1ccccc1. The number of carbonyl (C=O) groups is 4. The lowest BCUT2D eigenvalue weighted by Gasteiger charge is -2.26. The molecule has 2 bridgehead atoms. The summed E-state index contributed by atoms with van der Waals surface area (Å²) in [6.07, 6.45) is 4.54. The zero-order valence-electron chi connectivity index (χ0n) is 16.6. The number of carbonyl (C=O) groups excluding carboxylic acids is 4. The highest BCUT2D eigenvalue weighted by Crippen LogP contribution is 2.48. The van der Waals surface area contributed by atoms with Crippen molar-refractivity contribution in [3.05, 3.63) is 83.9 Å². The molecule has 8 heteroatoms. The van der Waals surface area contributed by atoms with Gasteiger partial charge in [-0.3, -0.25) is 40.9 Å². The number of allylic oxidation sites excluding steroid dienone is 2. The predicted molar refractivity (Wildman–Crippen MR) is 112 cm³/mol. The Bertz CT molecular complexity index is 941. The molecule has 2 aromatic carbocycles. The van der Waals surface area contributed by atoms with Crippen molar-refractivity contribution in [1.82, 2.24) is 21.7 Å². The van der Waals surface area contributed by atoms with E-state index in [1.54, 1.807) is 60.7 Å². The molecule has 4 rings (SSSR count). The number of benzene rings is 2. The van der Waals surface area contributed by atoms with Crippen molar-refractivity contribution in [2.45, 2.75) is 6.42 Å². The van der Waals surface area contributed by atoms with Gasteiger partial charge in [0.25, 0.3) is 11.8 Å². The van der Waals surface area contributed by atoms with Gasteiger partial charge in [0.15, 0.2) is 0 Å². The average Bonchev–Trinajstić information content (AvgIpc) is 3.43. The second kappa shape index (κ2) is 8.83. The van der Waals surface area contributed by atoms with Crippen molar-refractivity contribution < 1.29 is 19.2 Å². The first-order valence-electron chi connectivity index (χ1n) is 10.0. The van der Waals surface area contributed by atoms with E-state index in [9.17, 15) is 19.2 Å². The molecule has 4 atom stereocenters. The number of amides is 4. The summed E-state index contributed by atoms with van der Waals surface area (Å²) in [5.74, 6) is -3.23. The summed E-state index contributed by atoms with van der Waals surface area (Å²) in [6.45, 7) is 0. The molecule has 31 heavy (non-hydrogen) atoms.